The summed E-state index contributed by atoms with van der Waals surface area (Å²) in [6.07, 6.45) is 4.40. The maximum absolute atomic E-state index is 12.5. The summed E-state index contributed by atoms with van der Waals surface area (Å²) >= 11 is 0. The van der Waals surface area contributed by atoms with Crippen LogP contribution < -0.4 is 4.74 Å². The van der Waals surface area contributed by atoms with Crippen LogP contribution in [0.25, 0.3) is 0 Å². The number of ether oxygens (including phenoxy) is 1. The van der Waals surface area contributed by atoms with Crippen LogP contribution >= 0.6 is 0 Å². The highest BCUT2D eigenvalue weighted by Crippen LogP contribution is 2.17. The van der Waals surface area contributed by atoms with E-state index in [1.807, 2.05) is 24.0 Å². The molecular formula is C16H18N4O2. The molecule has 0 aliphatic carbocycles. The van der Waals surface area contributed by atoms with E-state index in [-0.39, 0.29) is 12.3 Å². The third-order valence-electron chi connectivity index (χ3n) is 3.62. The van der Waals surface area contributed by atoms with Crippen molar-refractivity contribution in [3.8, 4) is 5.88 Å². The van der Waals surface area contributed by atoms with E-state index in [0.29, 0.717) is 25.6 Å². The Balaban J connectivity index is 1.67. The van der Waals surface area contributed by atoms with Gasteiger partial charge >= 0.3 is 0 Å². The van der Waals surface area contributed by atoms with E-state index in [2.05, 4.69) is 15.0 Å². The zero-order chi connectivity index (χ0) is 15.4. The van der Waals surface area contributed by atoms with Crippen LogP contribution in [0.3, 0.4) is 0 Å². The van der Waals surface area contributed by atoms with Crippen molar-refractivity contribution in [1.29, 1.82) is 0 Å². The first-order valence-electron chi connectivity index (χ1n) is 7.40. The molecular weight excluding hydrogens is 280 g/mol. The number of carbonyl (C=O) groups excluding carboxylic acids is 1. The van der Waals surface area contributed by atoms with Gasteiger partial charge in [0.2, 0.25) is 11.8 Å². The van der Waals surface area contributed by atoms with Crippen molar-refractivity contribution in [2.75, 3.05) is 13.2 Å². The van der Waals surface area contributed by atoms with Crippen LogP contribution in [0, 0.1) is 0 Å². The van der Waals surface area contributed by atoms with Gasteiger partial charge in [0.25, 0.3) is 0 Å². The Labute approximate surface area is 129 Å². The number of amides is 1. The van der Waals surface area contributed by atoms with Crippen molar-refractivity contribution in [2.45, 2.75) is 26.3 Å². The van der Waals surface area contributed by atoms with E-state index >= 15 is 0 Å². The first-order chi connectivity index (χ1) is 10.8. The largest absolute Gasteiger partial charge is 0.478 e. The van der Waals surface area contributed by atoms with Gasteiger partial charge in [0.15, 0.2) is 0 Å². The molecule has 2 aromatic heterocycles. The second kappa shape index (κ2) is 6.51. The summed E-state index contributed by atoms with van der Waals surface area (Å²) in [4.78, 5) is 26.9. The Morgan fingerprint density at radius 3 is 3.18 bits per heavy atom. The summed E-state index contributed by atoms with van der Waals surface area (Å²) in [6.45, 7) is 3.73. The Kier molecular flexibility index (Phi) is 4.27. The molecule has 22 heavy (non-hydrogen) atoms. The number of pyridine rings is 1. The SMILES string of the molecule is CCOc1cccc(CC(=O)N2CCc3ncncc3C2)n1. The molecule has 1 aliphatic rings. The fourth-order valence-corrected chi connectivity index (χ4v) is 2.53. The standard InChI is InChI=1S/C16H18N4O2/c1-2-22-15-5-3-4-13(19-15)8-16(21)20-7-6-14-12(10-20)9-17-11-18-14/h3-5,9,11H,2,6-8,10H2,1H3. The fourth-order valence-electron chi connectivity index (χ4n) is 2.53. The molecule has 0 unspecified atom stereocenters. The number of carbonyl (C=O) groups is 1. The average Bonchev–Trinajstić information content (AvgIpc) is 2.55. The number of hydrogen-bond acceptors (Lipinski definition) is 5. The lowest BCUT2D eigenvalue weighted by atomic mass is 10.1. The summed E-state index contributed by atoms with van der Waals surface area (Å²) in [5.41, 5.74) is 2.79. The second-order valence-corrected chi connectivity index (χ2v) is 5.14. The van der Waals surface area contributed by atoms with E-state index in [0.717, 1.165) is 23.4 Å². The van der Waals surface area contributed by atoms with Gasteiger partial charge < -0.3 is 9.64 Å². The molecule has 0 N–H and O–H groups in total. The molecule has 0 bridgehead atoms. The van der Waals surface area contributed by atoms with Crippen LogP contribution in [-0.2, 0) is 24.2 Å². The predicted octanol–water partition coefficient (Wildman–Crippen LogP) is 1.40. The van der Waals surface area contributed by atoms with Crippen LogP contribution in [0.15, 0.2) is 30.7 Å². The van der Waals surface area contributed by atoms with Gasteiger partial charge in [-0.1, -0.05) is 6.07 Å². The number of nitrogens with zero attached hydrogens (tertiary/aromatic N) is 4. The molecule has 0 aromatic carbocycles. The van der Waals surface area contributed by atoms with Gasteiger partial charge in [0.1, 0.15) is 6.33 Å². The van der Waals surface area contributed by atoms with Crippen LogP contribution in [0.4, 0.5) is 0 Å². The average molecular weight is 298 g/mol. The lowest BCUT2D eigenvalue weighted by Crippen LogP contribution is -2.37. The lowest BCUT2D eigenvalue weighted by Gasteiger charge is -2.27. The fraction of sp³-hybridized carbons (Fsp3) is 0.375. The van der Waals surface area contributed by atoms with Crippen molar-refractivity contribution in [3.63, 3.8) is 0 Å². The summed E-state index contributed by atoms with van der Waals surface area (Å²) in [5.74, 6) is 0.626. The van der Waals surface area contributed by atoms with E-state index < -0.39 is 0 Å². The van der Waals surface area contributed by atoms with Gasteiger partial charge in [-0.25, -0.2) is 15.0 Å². The molecule has 0 atom stereocenters. The maximum Gasteiger partial charge on any atom is 0.228 e. The van der Waals surface area contributed by atoms with E-state index in [1.165, 1.54) is 0 Å². The van der Waals surface area contributed by atoms with Crippen LogP contribution in [0.1, 0.15) is 23.9 Å². The molecule has 0 saturated carbocycles. The highest BCUT2D eigenvalue weighted by molar-refractivity contribution is 5.78. The maximum atomic E-state index is 12.5. The topological polar surface area (TPSA) is 68.2 Å². The van der Waals surface area contributed by atoms with Gasteiger partial charge in [-0.05, 0) is 13.0 Å². The van der Waals surface area contributed by atoms with E-state index in [9.17, 15) is 4.79 Å². The van der Waals surface area contributed by atoms with E-state index in [4.69, 9.17) is 4.74 Å². The molecule has 6 nitrogen and oxygen atoms in total. The van der Waals surface area contributed by atoms with E-state index in [1.54, 1.807) is 18.6 Å². The van der Waals surface area contributed by atoms with Crippen molar-refractivity contribution >= 4 is 5.91 Å². The zero-order valence-electron chi connectivity index (χ0n) is 12.5. The third kappa shape index (κ3) is 3.21. The molecule has 0 saturated heterocycles. The Morgan fingerprint density at radius 2 is 2.32 bits per heavy atom. The molecule has 0 radical (unpaired) electrons. The molecule has 3 rings (SSSR count). The summed E-state index contributed by atoms with van der Waals surface area (Å²) < 4.78 is 5.37. The smallest absolute Gasteiger partial charge is 0.228 e. The van der Waals surface area contributed by atoms with Crippen LogP contribution in [-0.4, -0.2) is 38.9 Å². The van der Waals surface area contributed by atoms with Crippen LogP contribution in [0.5, 0.6) is 5.88 Å². The Bertz CT molecular complexity index is 675. The van der Waals surface area contributed by atoms with Gasteiger partial charge in [-0.3, -0.25) is 4.79 Å². The summed E-state index contributed by atoms with van der Waals surface area (Å²) in [5, 5.41) is 0. The number of hydrogen-bond donors (Lipinski definition) is 0. The second-order valence-electron chi connectivity index (χ2n) is 5.14. The minimum Gasteiger partial charge on any atom is -0.478 e. The monoisotopic (exact) mass is 298 g/mol. The first kappa shape index (κ1) is 14.4. The predicted molar refractivity (Wildman–Crippen MR) is 80.3 cm³/mol. The van der Waals surface area contributed by atoms with Gasteiger partial charge in [0, 0.05) is 37.3 Å². The van der Waals surface area contributed by atoms with Crippen LogP contribution in [0.2, 0.25) is 0 Å². The molecule has 1 amide bonds. The van der Waals surface area contributed by atoms with Crippen molar-refractivity contribution < 1.29 is 9.53 Å². The van der Waals surface area contributed by atoms with Crippen molar-refractivity contribution in [3.05, 3.63) is 47.7 Å². The van der Waals surface area contributed by atoms with Gasteiger partial charge in [0.05, 0.1) is 24.4 Å². The number of fused-ring (bicyclic) bond motifs is 1. The minimum absolute atomic E-state index is 0.0654. The van der Waals surface area contributed by atoms with Crippen molar-refractivity contribution in [2.24, 2.45) is 0 Å². The third-order valence-corrected chi connectivity index (χ3v) is 3.62. The molecule has 114 valence electrons. The van der Waals surface area contributed by atoms with Gasteiger partial charge in [-0.15, -0.1) is 0 Å². The Morgan fingerprint density at radius 1 is 1.41 bits per heavy atom. The first-order valence-corrected chi connectivity index (χ1v) is 7.40. The highest BCUT2D eigenvalue weighted by atomic mass is 16.5. The summed E-state index contributed by atoms with van der Waals surface area (Å²) in [6, 6.07) is 5.51. The normalized spacial score (nSPS) is 13.6. The number of rotatable bonds is 4. The zero-order valence-corrected chi connectivity index (χ0v) is 12.5. The highest BCUT2D eigenvalue weighted by Gasteiger charge is 2.22. The molecule has 3 heterocycles. The van der Waals surface area contributed by atoms with Gasteiger partial charge in [-0.2, -0.15) is 0 Å². The molecule has 1 aliphatic heterocycles. The molecule has 0 fully saturated rings. The van der Waals surface area contributed by atoms with Crippen molar-refractivity contribution in [1.82, 2.24) is 19.9 Å². The number of aromatic nitrogens is 3. The lowest BCUT2D eigenvalue weighted by molar-refractivity contribution is -0.131. The molecule has 0 spiro atoms. The quantitative estimate of drug-likeness (QED) is 0.853. The summed E-state index contributed by atoms with van der Waals surface area (Å²) in [7, 11) is 0. The molecule has 6 heteroatoms. The minimum atomic E-state index is 0.0654. The molecule has 2 aromatic rings. The Hall–Kier alpha value is -2.50.